The van der Waals surface area contributed by atoms with Crippen molar-refractivity contribution < 1.29 is 4.79 Å². The van der Waals surface area contributed by atoms with E-state index in [1.54, 1.807) is 12.3 Å². The molecule has 0 aliphatic carbocycles. The van der Waals surface area contributed by atoms with E-state index in [1.165, 1.54) is 0 Å². The third-order valence-corrected chi connectivity index (χ3v) is 5.25. The normalized spacial score (nSPS) is 16.2. The van der Waals surface area contributed by atoms with Gasteiger partial charge in [0.05, 0.1) is 5.69 Å². The molecule has 1 N–H and O–H groups in total. The van der Waals surface area contributed by atoms with Crippen molar-refractivity contribution in [1.82, 2.24) is 19.9 Å². The van der Waals surface area contributed by atoms with E-state index in [-0.39, 0.29) is 11.8 Å². The molecule has 4 rings (SSSR count). The number of aryl methyl sites for hydroxylation is 2. The van der Waals surface area contributed by atoms with Gasteiger partial charge in [0.15, 0.2) is 0 Å². The lowest BCUT2D eigenvalue weighted by atomic mass is 10.0. The second-order valence-corrected chi connectivity index (χ2v) is 7.53. The molecule has 2 aromatic heterocycles. The summed E-state index contributed by atoms with van der Waals surface area (Å²) in [6, 6.07) is 15.8. The van der Waals surface area contributed by atoms with Gasteiger partial charge in [-0.2, -0.15) is 0 Å². The minimum atomic E-state index is 0.0367. The molecule has 1 aliphatic heterocycles. The summed E-state index contributed by atoms with van der Waals surface area (Å²) < 4.78 is 0. The zero-order chi connectivity index (χ0) is 20.9. The molecule has 1 amide bonds. The topological polar surface area (TPSA) is 71.0 Å². The van der Waals surface area contributed by atoms with E-state index in [0.29, 0.717) is 12.4 Å². The van der Waals surface area contributed by atoms with Gasteiger partial charge in [0.25, 0.3) is 0 Å². The zero-order valence-corrected chi connectivity index (χ0v) is 17.2. The van der Waals surface area contributed by atoms with Crippen molar-refractivity contribution in [2.24, 2.45) is 0 Å². The van der Waals surface area contributed by atoms with Crippen LogP contribution in [0, 0.1) is 13.8 Å². The highest BCUT2D eigenvalue weighted by atomic mass is 16.2. The molecule has 1 unspecified atom stereocenters. The van der Waals surface area contributed by atoms with Crippen LogP contribution in [0.5, 0.6) is 0 Å². The second kappa shape index (κ2) is 8.86. The minimum absolute atomic E-state index is 0.0367. The molecule has 6 heteroatoms. The average molecular weight is 399 g/mol. The molecule has 0 saturated carbocycles. The lowest BCUT2D eigenvalue weighted by Crippen LogP contribution is -2.26. The van der Waals surface area contributed by atoms with Crippen molar-refractivity contribution in [2.75, 3.05) is 18.4 Å². The summed E-state index contributed by atoms with van der Waals surface area (Å²) in [7, 11) is 0. The molecule has 0 spiro atoms. The van der Waals surface area contributed by atoms with Crippen LogP contribution in [0.15, 0.2) is 60.8 Å². The minimum Gasteiger partial charge on any atom is -0.338 e. The number of nitrogens with zero attached hydrogens (tertiary/aromatic N) is 4. The summed E-state index contributed by atoms with van der Waals surface area (Å²) in [4.78, 5) is 28.0. The van der Waals surface area contributed by atoms with Crippen molar-refractivity contribution in [2.45, 2.75) is 26.2 Å². The molecule has 3 aromatic rings. The van der Waals surface area contributed by atoms with Gasteiger partial charge in [-0.15, -0.1) is 0 Å². The molecule has 1 aromatic carbocycles. The third kappa shape index (κ3) is 4.71. The number of amides is 1. The summed E-state index contributed by atoms with van der Waals surface area (Å²) in [6.07, 6.45) is 6.17. The highest BCUT2D eigenvalue weighted by Gasteiger charge is 2.27. The van der Waals surface area contributed by atoms with Gasteiger partial charge < -0.3 is 10.2 Å². The maximum atomic E-state index is 12.6. The predicted molar refractivity (Wildman–Crippen MR) is 118 cm³/mol. The SMILES string of the molecule is Cc1nc(Nc2ncccc2C)cc(C2CCN(C(=O)C=Cc3ccccc3)C2)n1. The van der Waals surface area contributed by atoms with E-state index in [4.69, 9.17) is 0 Å². The summed E-state index contributed by atoms with van der Waals surface area (Å²) in [6.45, 7) is 5.29. The van der Waals surface area contributed by atoms with Crippen molar-refractivity contribution >= 4 is 23.6 Å². The van der Waals surface area contributed by atoms with E-state index in [2.05, 4.69) is 20.3 Å². The van der Waals surface area contributed by atoms with Gasteiger partial charge >= 0.3 is 0 Å². The Bertz CT molecular complexity index is 1060. The van der Waals surface area contributed by atoms with Crippen LogP contribution in [0.4, 0.5) is 11.6 Å². The number of hydrogen-bond acceptors (Lipinski definition) is 5. The lowest BCUT2D eigenvalue weighted by molar-refractivity contribution is -0.124. The Labute approximate surface area is 176 Å². The number of rotatable bonds is 5. The zero-order valence-electron chi connectivity index (χ0n) is 17.2. The first-order valence-electron chi connectivity index (χ1n) is 10.1. The Hall–Kier alpha value is -3.54. The number of benzene rings is 1. The molecule has 0 bridgehead atoms. The van der Waals surface area contributed by atoms with Gasteiger partial charge in [0, 0.05) is 37.3 Å². The van der Waals surface area contributed by atoms with Gasteiger partial charge in [-0.05, 0) is 43.5 Å². The largest absolute Gasteiger partial charge is 0.338 e. The van der Waals surface area contributed by atoms with Crippen molar-refractivity contribution in [3.63, 3.8) is 0 Å². The molecule has 1 atom stereocenters. The Morgan fingerprint density at radius 2 is 1.97 bits per heavy atom. The number of likely N-dealkylation sites (tertiary alicyclic amines) is 1. The molecule has 152 valence electrons. The standard InChI is InChI=1S/C24H25N5O/c1-17-7-6-13-25-24(17)28-22-15-21(26-18(2)27-22)20-12-14-29(16-20)23(30)11-10-19-8-4-3-5-9-19/h3-11,13,15,20H,12,14,16H2,1-2H3,(H,25,26,27,28). The first-order valence-corrected chi connectivity index (χ1v) is 10.1. The molecule has 3 heterocycles. The van der Waals surface area contributed by atoms with Crippen LogP contribution >= 0.6 is 0 Å². The van der Waals surface area contributed by atoms with Crippen LogP contribution in [0.25, 0.3) is 6.08 Å². The summed E-state index contributed by atoms with van der Waals surface area (Å²) in [5.74, 6) is 2.46. The number of anilines is 2. The molecule has 1 fully saturated rings. The summed E-state index contributed by atoms with van der Waals surface area (Å²) in [5, 5.41) is 3.30. The smallest absolute Gasteiger partial charge is 0.246 e. The Morgan fingerprint density at radius 1 is 1.13 bits per heavy atom. The quantitative estimate of drug-likeness (QED) is 0.649. The number of aromatic nitrogens is 3. The fourth-order valence-electron chi connectivity index (χ4n) is 3.64. The maximum absolute atomic E-state index is 12.6. The number of carbonyl (C=O) groups is 1. The van der Waals surface area contributed by atoms with E-state index in [9.17, 15) is 4.79 Å². The first kappa shape index (κ1) is 19.8. The molecule has 1 aliphatic rings. The maximum Gasteiger partial charge on any atom is 0.246 e. The number of nitrogens with one attached hydrogen (secondary N) is 1. The molecular weight excluding hydrogens is 374 g/mol. The highest BCUT2D eigenvalue weighted by Crippen LogP contribution is 2.28. The number of pyridine rings is 1. The van der Waals surface area contributed by atoms with Crippen molar-refractivity contribution in [1.29, 1.82) is 0 Å². The average Bonchev–Trinajstić information content (AvgIpc) is 3.25. The van der Waals surface area contributed by atoms with Crippen molar-refractivity contribution in [3.05, 3.63) is 83.4 Å². The van der Waals surface area contributed by atoms with E-state index >= 15 is 0 Å². The fraction of sp³-hybridized carbons (Fsp3) is 0.250. The van der Waals surface area contributed by atoms with Gasteiger partial charge in [0.1, 0.15) is 17.5 Å². The van der Waals surface area contributed by atoms with Gasteiger partial charge in [-0.3, -0.25) is 4.79 Å². The Morgan fingerprint density at radius 3 is 2.77 bits per heavy atom. The third-order valence-electron chi connectivity index (χ3n) is 5.25. The molecular formula is C24H25N5O. The predicted octanol–water partition coefficient (Wildman–Crippen LogP) is 4.26. The van der Waals surface area contributed by atoms with E-state index in [1.807, 2.05) is 73.4 Å². The number of hydrogen-bond donors (Lipinski definition) is 1. The fourth-order valence-corrected chi connectivity index (χ4v) is 3.64. The van der Waals surface area contributed by atoms with E-state index in [0.717, 1.165) is 41.4 Å². The molecule has 30 heavy (non-hydrogen) atoms. The molecule has 6 nitrogen and oxygen atoms in total. The molecule has 0 radical (unpaired) electrons. The molecule has 1 saturated heterocycles. The lowest BCUT2D eigenvalue weighted by Gasteiger charge is -2.15. The van der Waals surface area contributed by atoms with Crippen LogP contribution < -0.4 is 5.32 Å². The van der Waals surface area contributed by atoms with Gasteiger partial charge in [-0.25, -0.2) is 15.0 Å². The summed E-state index contributed by atoms with van der Waals surface area (Å²) in [5.41, 5.74) is 3.03. The van der Waals surface area contributed by atoms with Gasteiger partial charge in [-0.1, -0.05) is 36.4 Å². The Balaban J connectivity index is 1.45. The number of carbonyl (C=O) groups excluding carboxylic acids is 1. The Kier molecular flexibility index (Phi) is 5.84. The highest BCUT2D eigenvalue weighted by molar-refractivity contribution is 5.92. The van der Waals surface area contributed by atoms with Crippen LogP contribution in [-0.2, 0) is 4.79 Å². The van der Waals surface area contributed by atoms with Crippen LogP contribution in [-0.4, -0.2) is 38.8 Å². The monoisotopic (exact) mass is 399 g/mol. The van der Waals surface area contributed by atoms with Crippen LogP contribution in [0.1, 0.15) is 35.0 Å². The summed E-state index contributed by atoms with van der Waals surface area (Å²) >= 11 is 0. The van der Waals surface area contributed by atoms with E-state index < -0.39 is 0 Å². The van der Waals surface area contributed by atoms with Gasteiger partial charge in [0.2, 0.25) is 5.91 Å². The first-order chi connectivity index (χ1) is 14.6. The van der Waals surface area contributed by atoms with Crippen LogP contribution in [0.2, 0.25) is 0 Å². The van der Waals surface area contributed by atoms with Crippen LogP contribution in [0.3, 0.4) is 0 Å². The second-order valence-electron chi connectivity index (χ2n) is 7.53. The van der Waals surface area contributed by atoms with Crippen molar-refractivity contribution in [3.8, 4) is 0 Å².